The summed E-state index contributed by atoms with van der Waals surface area (Å²) >= 11 is 0. The van der Waals surface area contributed by atoms with Crippen LogP contribution in [0.3, 0.4) is 0 Å². The lowest BCUT2D eigenvalue weighted by Crippen LogP contribution is -2.29. The molecule has 0 unspecified atom stereocenters. The summed E-state index contributed by atoms with van der Waals surface area (Å²) < 4.78 is 0. The first-order valence-electron chi connectivity index (χ1n) is 3.21. The highest BCUT2D eigenvalue weighted by Crippen LogP contribution is 2.05. The van der Waals surface area contributed by atoms with E-state index in [9.17, 15) is 0 Å². The lowest BCUT2D eigenvalue weighted by atomic mass is 10.3. The molecule has 9 heavy (non-hydrogen) atoms. The van der Waals surface area contributed by atoms with Crippen molar-refractivity contribution in [2.75, 3.05) is 6.54 Å². The highest BCUT2D eigenvalue weighted by molar-refractivity contribution is 6.63. The third-order valence-corrected chi connectivity index (χ3v) is 2.41. The van der Waals surface area contributed by atoms with Crippen LogP contribution in [0.5, 0.6) is 0 Å². The molecule has 0 rings (SSSR count). The van der Waals surface area contributed by atoms with Crippen molar-refractivity contribution >= 4 is 8.56 Å². The Morgan fingerprint density at radius 1 is 1.33 bits per heavy atom. The number of nitrogens with two attached hydrogens (primary N) is 1. The normalized spacial score (nSPS) is 12.0. The Kier molecular flexibility index (Phi) is 4.04. The molecule has 56 valence electrons. The van der Waals surface area contributed by atoms with E-state index < -0.39 is 8.56 Å². The standard InChI is InChI=1S/C5H15NO2Si/c1-9(7,8)5-3-2-4-6/h7-8H,2-6H2,1H3. The molecule has 0 aliphatic heterocycles. The van der Waals surface area contributed by atoms with Gasteiger partial charge in [-0.2, -0.15) is 0 Å². The van der Waals surface area contributed by atoms with Gasteiger partial charge in [-0.25, -0.2) is 0 Å². The monoisotopic (exact) mass is 149 g/mol. The topological polar surface area (TPSA) is 66.5 Å². The van der Waals surface area contributed by atoms with Crippen LogP contribution >= 0.6 is 0 Å². The lowest BCUT2D eigenvalue weighted by molar-refractivity contribution is 0.367. The minimum atomic E-state index is -2.75. The molecular formula is C5H15NO2Si. The maximum Gasteiger partial charge on any atom is 0.329 e. The highest BCUT2D eigenvalue weighted by atomic mass is 28.4. The Morgan fingerprint density at radius 3 is 2.22 bits per heavy atom. The number of hydrogen-bond donors (Lipinski definition) is 3. The Hall–Kier alpha value is 0.0969. The summed E-state index contributed by atoms with van der Waals surface area (Å²) in [7, 11) is -2.75. The van der Waals surface area contributed by atoms with Crippen LogP contribution in [0.25, 0.3) is 0 Å². The van der Waals surface area contributed by atoms with Gasteiger partial charge in [0.15, 0.2) is 0 Å². The molecule has 0 atom stereocenters. The molecule has 4 N–H and O–H groups in total. The van der Waals surface area contributed by atoms with Crippen LogP contribution in [0, 0.1) is 0 Å². The van der Waals surface area contributed by atoms with Crippen LogP contribution in [0.4, 0.5) is 0 Å². The third kappa shape index (κ3) is 8.10. The minimum absolute atomic E-state index is 0.546. The Balaban J connectivity index is 3.07. The molecule has 3 nitrogen and oxygen atoms in total. The van der Waals surface area contributed by atoms with Gasteiger partial charge in [-0.15, -0.1) is 0 Å². The SMILES string of the molecule is C[Si](O)(O)CCCCN. The molecule has 0 aromatic rings. The molecule has 0 aromatic heterocycles. The summed E-state index contributed by atoms with van der Waals surface area (Å²) in [6.45, 7) is 2.16. The second-order valence-electron chi connectivity index (χ2n) is 2.46. The molecule has 0 aliphatic carbocycles. The van der Waals surface area contributed by atoms with E-state index in [1.54, 1.807) is 0 Å². The van der Waals surface area contributed by atoms with Crippen molar-refractivity contribution in [3.05, 3.63) is 0 Å². The van der Waals surface area contributed by atoms with E-state index in [0.29, 0.717) is 12.6 Å². The van der Waals surface area contributed by atoms with Crippen LogP contribution in [0.15, 0.2) is 0 Å². The summed E-state index contributed by atoms with van der Waals surface area (Å²) in [6.07, 6.45) is 1.73. The average molecular weight is 149 g/mol. The van der Waals surface area contributed by atoms with Crippen molar-refractivity contribution in [3.8, 4) is 0 Å². The van der Waals surface area contributed by atoms with Gasteiger partial charge in [0.05, 0.1) is 0 Å². The molecule has 0 fully saturated rings. The van der Waals surface area contributed by atoms with Gasteiger partial charge in [-0.3, -0.25) is 0 Å². The molecule has 0 aromatic carbocycles. The summed E-state index contributed by atoms with van der Waals surface area (Å²) in [5.74, 6) is 0. The van der Waals surface area contributed by atoms with Crippen molar-refractivity contribution in [2.24, 2.45) is 5.73 Å². The minimum Gasteiger partial charge on any atom is -0.411 e. The largest absolute Gasteiger partial charge is 0.411 e. The molecule has 0 saturated carbocycles. The molecule has 0 aliphatic rings. The van der Waals surface area contributed by atoms with Crippen LogP contribution in [0.1, 0.15) is 12.8 Å². The number of rotatable bonds is 4. The van der Waals surface area contributed by atoms with Crippen LogP contribution in [-0.4, -0.2) is 24.7 Å². The van der Waals surface area contributed by atoms with E-state index in [2.05, 4.69) is 0 Å². The fourth-order valence-electron chi connectivity index (χ4n) is 0.604. The van der Waals surface area contributed by atoms with Gasteiger partial charge in [0.2, 0.25) is 0 Å². The third-order valence-electron chi connectivity index (χ3n) is 1.10. The van der Waals surface area contributed by atoms with E-state index in [0.717, 1.165) is 12.8 Å². The molecular weight excluding hydrogens is 134 g/mol. The fraction of sp³-hybridized carbons (Fsp3) is 1.00. The van der Waals surface area contributed by atoms with Gasteiger partial charge < -0.3 is 15.3 Å². The Labute approximate surface area is 56.8 Å². The quantitative estimate of drug-likeness (QED) is 0.382. The van der Waals surface area contributed by atoms with Crippen LogP contribution in [0.2, 0.25) is 12.6 Å². The van der Waals surface area contributed by atoms with Crippen molar-refractivity contribution < 1.29 is 9.59 Å². The van der Waals surface area contributed by atoms with Gasteiger partial charge in [0, 0.05) is 0 Å². The number of unbranched alkanes of at least 4 members (excludes halogenated alkanes) is 1. The lowest BCUT2D eigenvalue weighted by Gasteiger charge is -2.09. The summed E-state index contributed by atoms with van der Waals surface area (Å²) in [5, 5.41) is 0. The molecule has 0 spiro atoms. The van der Waals surface area contributed by atoms with Crippen molar-refractivity contribution in [1.82, 2.24) is 0 Å². The predicted molar refractivity (Wildman–Crippen MR) is 39.2 cm³/mol. The fourth-order valence-corrected chi connectivity index (χ4v) is 1.52. The zero-order valence-electron chi connectivity index (χ0n) is 5.80. The summed E-state index contributed by atoms with van der Waals surface area (Å²) in [5.41, 5.74) is 5.21. The second-order valence-corrected chi connectivity index (χ2v) is 5.40. The van der Waals surface area contributed by atoms with Crippen molar-refractivity contribution in [2.45, 2.75) is 25.4 Å². The van der Waals surface area contributed by atoms with Gasteiger partial charge in [-0.05, 0) is 25.6 Å². The maximum atomic E-state index is 8.90. The molecule has 0 amide bonds. The Bertz CT molecular complexity index is 71.8. The smallest absolute Gasteiger partial charge is 0.329 e. The van der Waals surface area contributed by atoms with Gasteiger partial charge in [-0.1, -0.05) is 6.42 Å². The van der Waals surface area contributed by atoms with Gasteiger partial charge in [0.25, 0.3) is 0 Å². The van der Waals surface area contributed by atoms with Crippen molar-refractivity contribution in [3.63, 3.8) is 0 Å². The molecule has 0 saturated heterocycles. The summed E-state index contributed by atoms with van der Waals surface area (Å²) in [6, 6.07) is 0.546. The average Bonchev–Trinajstić information content (AvgIpc) is 1.63. The number of hydrogen-bond acceptors (Lipinski definition) is 3. The van der Waals surface area contributed by atoms with Crippen molar-refractivity contribution in [1.29, 1.82) is 0 Å². The first-order valence-corrected chi connectivity index (χ1v) is 5.81. The van der Waals surface area contributed by atoms with Gasteiger partial charge >= 0.3 is 8.56 Å². The predicted octanol–water partition coefficient (Wildman–Crippen LogP) is -0.218. The highest BCUT2D eigenvalue weighted by Gasteiger charge is 2.19. The Morgan fingerprint density at radius 2 is 1.89 bits per heavy atom. The van der Waals surface area contributed by atoms with Crippen LogP contribution < -0.4 is 5.73 Å². The van der Waals surface area contributed by atoms with Crippen LogP contribution in [-0.2, 0) is 0 Å². The first kappa shape index (κ1) is 9.10. The van der Waals surface area contributed by atoms with E-state index in [4.69, 9.17) is 15.3 Å². The zero-order valence-corrected chi connectivity index (χ0v) is 6.80. The van der Waals surface area contributed by atoms with Gasteiger partial charge in [0.1, 0.15) is 0 Å². The molecule has 0 bridgehead atoms. The summed E-state index contributed by atoms with van der Waals surface area (Å²) in [4.78, 5) is 17.8. The maximum absolute atomic E-state index is 8.90. The molecule has 0 heterocycles. The van der Waals surface area contributed by atoms with E-state index in [1.807, 2.05) is 0 Å². The first-order chi connectivity index (χ1) is 4.06. The molecule has 0 radical (unpaired) electrons. The zero-order chi connectivity index (χ0) is 7.33. The van der Waals surface area contributed by atoms with E-state index in [1.165, 1.54) is 6.55 Å². The molecule has 4 heteroatoms. The van der Waals surface area contributed by atoms with E-state index in [-0.39, 0.29) is 0 Å². The second kappa shape index (κ2) is 4.00. The van der Waals surface area contributed by atoms with E-state index >= 15 is 0 Å².